The second-order valence-electron chi connectivity index (χ2n) is 4.63. The van der Waals surface area contributed by atoms with E-state index in [1.165, 1.54) is 0 Å². The zero-order chi connectivity index (χ0) is 13.0. The Balaban J connectivity index is 2.26. The lowest BCUT2D eigenvalue weighted by Crippen LogP contribution is -2.19. The van der Waals surface area contributed by atoms with E-state index >= 15 is 0 Å². The predicted octanol–water partition coefficient (Wildman–Crippen LogP) is 5.02. The predicted molar refractivity (Wildman–Crippen MR) is 71.8 cm³/mol. The van der Waals surface area contributed by atoms with Gasteiger partial charge < -0.3 is 0 Å². The molecule has 0 unspecified atom stereocenters. The van der Waals surface area contributed by atoms with Crippen molar-refractivity contribution in [2.75, 3.05) is 0 Å². The normalized spacial score (nSPS) is 11.9. The van der Waals surface area contributed by atoms with Crippen LogP contribution in [0.1, 0.15) is 24.8 Å². The van der Waals surface area contributed by atoms with Gasteiger partial charge in [-0.15, -0.1) is 0 Å². The zero-order valence-corrected chi connectivity index (χ0v) is 10.3. The molecule has 2 heteroatoms. The van der Waals surface area contributed by atoms with Crippen molar-refractivity contribution in [2.24, 2.45) is 0 Å². The second-order valence-corrected chi connectivity index (χ2v) is 4.63. The minimum absolute atomic E-state index is 0.0836. The molecule has 0 spiro atoms. The molecule has 0 fully saturated rings. The second kappa shape index (κ2) is 5.47. The van der Waals surface area contributed by atoms with Gasteiger partial charge in [-0.3, -0.25) is 0 Å². The first kappa shape index (κ1) is 13.0. The Morgan fingerprint density at radius 2 is 1.72 bits per heavy atom. The third-order valence-electron chi connectivity index (χ3n) is 3.12. The Kier molecular flexibility index (Phi) is 3.95. The highest BCUT2D eigenvalue weighted by molar-refractivity contribution is 5.85. The van der Waals surface area contributed by atoms with Crippen LogP contribution in [0, 0.1) is 6.92 Å². The molecule has 2 aromatic rings. The van der Waals surface area contributed by atoms with E-state index in [1.54, 1.807) is 6.07 Å². The first-order valence-electron chi connectivity index (χ1n) is 6.26. The first-order chi connectivity index (χ1) is 8.62. The number of alkyl halides is 2. The van der Waals surface area contributed by atoms with Crippen molar-refractivity contribution in [1.82, 2.24) is 0 Å². The minimum atomic E-state index is -2.64. The summed E-state index contributed by atoms with van der Waals surface area (Å²) in [6.45, 7) is 3.61. The number of unbranched alkanes of at least 4 members (excludes halogenated alkanes) is 1. The highest BCUT2D eigenvalue weighted by Crippen LogP contribution is 2.29. The van der Waals surface area contributed by atoms with Crippen molar-refractivity contribution in [3.05, 3.63) is 55.0 Å². The molecular weight excluding hydrogens is 230 g/mol. The molecule has 0 amide bonds. The summed E-state index contributed by atoms with van der Waals surface area (Å²) in [5.74, 6) is -2.64. The molecule has 0 bridgehead atoms. The molecule has 0 N–H and O–H groups in total. The van der Waals surface area contributed by atoms with Crippen LogP contribution < -0.4 is 0 Å². The molecule has 0 heterocycles. The van der Waals surface area contributed by atoms with Crippen LogP contribution in [0.5, 0.6) is 0 Å². The number of fused-ring (bicyclic) bond motifs is 1. The van der Waals surface area contributed by atoms with E-state index in [9.17, 15) is 8.78 Å². The number of benzene rings is 2. The molecule has 0 nitrogen and oxygen atoms in total. The van der Waals surface area contributed by atoms with E-state index in [1.807, 2.05) is 36.4 Å². The van der Waals surface area contributed by atoms with E-state index in [0.29, 0.717) is 12.8 Å². The third kappa shape index (κ3) is 3.06. The fourth-order valence-corrected chi connectivity index (χ4v) is 2.20. The minimum Gasteiger partial charge on any atom is -0.207 e. The monoisotopic (exact) mass is 247 g/mol. The van der Waals surface area contributed by atoms with Crippen molar-refractivity contribution in [3.63, 3.8) is 0 Å². The van der Waals surface area contributed by atoms with E-state index in [-0.39, 0.29) is 12.8 Å². The van der Waals surface area contributed by atoms with Crippen LogP contribution in [0.4, 0.5) is 8.78 Å². The Labute approximate surface area is 107 Å². The summed E-state index contributed by atoms with van der Waals surface area (Å²) in [7, 11) is 0. The standard InChI is InChI=1S/C16H17F2/c1-2-3-11-16(17,18)12-14-9-6-8-13-7-4-5-10-15(13)14/h4-10H,1-3,11-12H2. The number of hydrogen-bond donors (Lipinski definition) is 0. The van der Waals surface area contributed by atoms with Gasteiger partial charge in [-0.1, -0.05) is 55.8 Å². The lowest BCUT2D eigenvalue weighted by atomic mass is 9.97. The zero-order valence-electron chi connectivity index (χ0n) is 10.3. The maximum atomic E-state index is 13.8. The van der Waals surface area contributed by atoms with Crippen LogP contribution in [0.25, 0.3) is 10.8 Å². The molecule has 2 aromatic carbocycles. The lowest BCUT2D eigenvalue weighted by Gasteiger charge is -2.17. The molecule has 0 aliphatic carbocycles. The van der Waals surface area contributed by atoms with Crippen molar-refractivity contribution < 1.29 is 8.78 Å². The summed E-state index contributed by atoms with van der Waals surface area (Å²) in [4.78, 5) is 0. The summed E-state index contributed by atoms with van der Waals surface area (Å²) >= 11 is 0. The largest absolute Gasteiger partial charge is 0.252 e. The Morgan fingerprint density at radius 1 is 1.00 bits per heavy atom. The van der Waals surface area contributed by atoms with Gasteiger partial charge >= 0.3 is 0 Å². The Hall–Kier alpha value is -1.44. The Morgan fingerprint density at radius 3 is 2.50 bits per heavy atom. The van der Waals surface area contributed by atoms with Gasteiger partial charge in [0.25, 0.3) is 5.92 Å². The van der Waals surface area contributed by atoms with E-state index < -0.39 is 5.92 Å². The molecule has 0 saturated carbocycles. The van der Waals surface area contributed by atoms with Gasteiger partial charge in [0.15, 0.2) is 0 Å². The SMILES string of the molecule is [CH2]CCCC(F)(F)Cc1cccc2ccccc12. The van der Waals surface area contributed by atoms with Gasteiger partial charge in [-0.05, 0) is 22.8 Å². The molecule has 1 radical (unpaired) electrons. The molecule has 0 aromatic heterocycles. The van der Waals surface area contributed by atoms with Gasteiger partial charge in [-0.2, -0.15) is 0 Å². The number of rotatable bonds is 5. The van der Waals surface area contributed by atoms with Crippen LogP contribution in [0.3, 0.4) is 0 Å². The van der Waals surface area contributed by atoms with Crippen molar-refractivity contribution in [1.29, 1.82) is 0 Å². The molecule has 0 aliphatic rings. The summed E-state index contributed by atoms with van der Waals surface area (Å²) in [5, 5.41) is 1.94. The fraction of sp³-hybridized carbons (Fsp3) is 0.312. The molecule has 0 atom stereocenters. The molecule has 95 valence electrons. The molecule has 0 saturated heterocycles. The van der Waals surface area contributed by atoms with Crippen LogP contribution in [0.2, 0.25) is 0 Å². The topological polar surface area (TPSA) is 0 Å². The number of halogens is 2. The first-order valence-corrected chi connectivity index (χ1v) is 6.26. The van der Waals surface area contributed by atoms with Gasteiger partial charge in [0.2, 0.25) is 0 Å². The van der Waals surface area contributed by atoms with Crippen molar-refractivity contribution >= 4 is 10.8 Å². The van der Waals surface area contributed by atoms with Gasteiger partial charge in [0, 0.05) is 12.8 Å². The van der Waals surface area contributed by atoms with E-state index in [4.69, 9.17) is 0 Å². The smallest absolute Gasteiger partial charge is 0.207 e. The van der Waals surface area contributed by atoms with Crippen molar-refractivity contribution in [3.8, 4) is 0 Å². The molecule has 2 rings (SSSR count). The average molecular weight is 247 g/mol. The lowest BCUT2D eigenvalue weighted by molar-refractivity contribution is -0.00842. The summed E-state index contributed by atoms with van der Waals surface area (Å²) in [5.41, 5.74) is 0.724. The number of hydrogen-bond acceptors (Lipinski definition) is 0. The Bertz CT molecular complexity index is 512. The van der Waals surface area contributed by atoms with Crippen molar-refractivity contribution in [2.45, 2.75) is 31.6 Å². The fourth-order valence-electron chi connectivity index (χ4n) is 2.20. The quantitative estimate of drug-likeness (QED) is 0.695. The summed E-state index contributed by atoms with van der Waals surface area (Å²) in [6, 6.07) is 13.3. The molecular formula is C16H17F2. The van der Waals surface area contributed by atoms with Crippen LogP contribution in [-0.2, 0) is 6.42 Å². The summed E-state index contributed by atoms with van der Waals surface area (Å²) in [6.07, 6.45) is 0.761. The highest BCUT2D eigenvalue weighted by atomic mass is 19.3. The highest BCUT2D eigenvalue weighted by Gasteiger charge is 2.28. The van der Waals surface area contributed by atoms with Gasteiger partial charge in [-0.25, -0.2) is 8.78 Å². The molecule has 0 aliphatic heterocycles. The average Bonchev–Trinajstić information content (AvgIpc) is 2.37. The third-order valence-corrected chi connectivity index (χ3v) is 3.12. The maximum absolute atomic E-state index is 13.8. The van der Waals surface area contributed by atoms with E-state index in [2.05, 4.69) is 6.92 Å². The van der Waals surface area contributed by atoms with Crippen LogP contribution in [0.15, 0.2) is 42.5 Å². The van der Waals surface area contributed by atoms with Gasteiger partial charge in [0.05, 0.1) is 0 Å². The summed E-state index contributed by atoms with van der Waals surface area (Å²) < 4.78 is 27.6. The molecule has 18 heavy (non-hydrogen) atoms. The van der Waals surface area contributed by atoms with Gasteiger partial charge in [0.1, 0.15) is 0 Å². The van der Waals surface area contributed by atoms with E-state index in [0.717, 1.165) is 16.3 Å². The van der Waals surface area contributed by atoms with Crippen LogP contribution >= 0.6 is 0 Å². The maximum Gasteiger partial charge on any atom is 0.252 e. The van der Waals surface area contributed by atoms with Crippen LogP contribution in [-0.4, -0.2) is 5.92 Å².